The molecule has 2 rings (SSSR count). The number of rotatable bonds is 0. The van der Waals surface area contributed by atoms with Crippen molar-refractivity contribution in [2.24, 2.45) is 0 Å². The van der Waals surface area contributed by atoms with Gasteiger partial charge >= 0.3 is 0 Å². The van der Waals surface area contributed by atoms with Crippen LogP contribution >= 0.6 is 56.5 Å². The molecule has 0 atom stereocenters. The molecule has 64 valence electrons. The van der Waals surface area contributed by atoms with E-state index in [0.717, 1.165) is 14.5 Å². The Morgan fingerprint density at radius 3 is 2.85 bits per heavy atom. The summed E-state index contributed by atoms with van der Waals surface area (Å²) in [6.45, 7) is 0. The van der Waals surface area contributed by atoms with Gasteiger partial charge in [0.05, 0.1) is 11.6 Å². The summed E-state index contributed by atoms with van der Waals surface area (Å²) in [5.74, 6) is 0. The van der Waals surface area contributed by atoms with Gasteiger partial charge < -0.3 is 0 Å². The predicted octanol–water partition coefficient (Wildman–Crippen LogP) is 3.98. The quantitative estimate of drug-likeness (QED) is 0.602. The van der Waals surface area contributed by atoms with Crippen LogP contribution in [-0.2, 0) is 0 Å². The first-order valence-electron chi connectivity index (χ1n) is 3.49. The maximum absolute atomic E-state index is 8.92. The van der Waals surface area contributed by atoms with Gasteiger partial charge in [-0.05, 0) is 62.7 Å². The largest absolute Gasteiger partial charge is 0.192 e. The SMILES string of the molecule is N#Cc1cc(I)c(I)c2sccc12. The molecule has 0 N–H and O–H groups in total. The summed E-state index contributed by atoms with van der Waals surface area (Å²) >= 11 is 6.29. The monoisotopic (exact) mass is 411 g/mol. The number of benzene rings is 1. The first kappa shape index (κ1) is 9.68. The Bertz CT molecular complexity index is 510. The number of thiophene rings is 1. The predicted molar refractivity (Wildman–Crippen MR) is 72.0 cm³/mol. The first-order chi connectivity index (χ1) is 6.24. The fraction of sp³-hybridized carbons (Fsp3) is 0. The van der Waals surface area contributed by atoms with Crippen LogP contribution in [0.5, 0.6) is 0 Å². The third-order valence-electron chi connectivity index (χ3n) is 1.76. The van der Waals surface area contributed by atoms with Crippen LogP contribution in [0.2, 0.25) is 0 Å². The lowest BCUT2D eigenvalue weighted by Crippen LogP contribution is -1.83. The summed E-state index contributed by atoms with van der Waals surface area (Å²) < 4.78 is 3.64. The second-order valence-electron chi connectivity index (χ2n) is 2.50. The number of nitrogens with zero attached hydrogens (tertiary/aromatic N) is 1. The molecule has 0 unspecified atom stereocenters. The highest BCUT2D eigenvalue weighted by molar-refractivity contribution is 14.1. The fourth-order valence-corrected chi connectivity index (χ4v) is 3.61. The van der Waals surface area contributed by atoms with Crippen molar-refractivity contribution in [2.45, 2.75) is 0 Å². The number of hydrogen-bond donors (Lipinski definition) is 0. The van der Waals surface area contributed by atoms with Crippen LogP contribution in [-0.4, -0.2) is 0 Å². The van der Waals surface area contributed by atoms with Gasteiger partial charge in [0, 0.05) is 17.2 Å². The summed E-state index contributed by atoms with van der Waals surface area (Å²) in [5.41, 5.74) is 0.779. The highest BCUT2D eigenvalue weighted by atomic mass is 127. The van der Waals surface area contributed by atoms with Crippen LogP contribution in [0.4, 0.5) is 0 Å². The van der Waals surface area contributed by atoms with Crippen molar-refractivity contribution in [1.82, 2.24) is 0 Å². The minimum atomic E-state index is 0.779. The third-order valence-corrected chi connectivity index (χ3v) is 6.06. The van der Waals surface area contributed by atoms with E-state index in [-0.39, 0.29) is 0 Å². The third kappa shape index (κ3) is 1.57. The first-order valence-corrected chi connectivity index (χ1v) is 6.53. The molecule has 0 saturated carbocycles. The molecule has 0 bridgehead atoms. The van der Waals surface area contributed by atoms with Gasteiger partial charge in [-0.25, -0.2) is 0 Å². The van der Waals surface area contributed by atoms with Crippen LogP contribution in [0.25, 0.3) is 10.1 Å². The molecule has 0 spiro atoms. The average molecular weight is 411 g/mol. The van der Waals surface area contributed by atoms with E-state index in [0.29, 0.717) is 0 Å². The van der Waals surface area contributed by atoms with Crippen molar-refractivity contribution >= 4 is 66.6 Å². The standard InChI is InChI=1S/C9H3I2NS/c10-7-3-5(4-12)6-1-2-13-9(6)8(7)11/h1-3H. The maximum atomic E-state index is 8.92. The second kappa shape index (κ2) is 3.71. The Kier molecular flexibility index (Phi) is 2.76. The van der Waals surface area contributed by atoms with Crippen molar-refractivity contribution in [3.05, 3.63) is 30.2 Å². The number of nitriles is 1. The van der Waals surface area contributed by atoms with E-state index >= 15 is 0 Å². The zero-order valence-electron chi connectivity index (χ0n) is 6.34. The molecule has 4 heteroatoms. The normalized spacial score (nSPS) is 10.2. The van der Waals surface area contributed by atoms with Crippen LogP contribution in [0.15, 0.2) is 17.5 Å². The van der Waals surface area contributed by atoms with Crippen molar-refractivity contribution in [1.29, 1.82) is 5.26 Å². The van der Waals surface area contributed by atoms with Gasteiger partial charge in [-0.3, -0.25) is 0 Å². The minimum Gasteiger partial charge on any atom is -0.192 e. The molecule has 0 radical (unpaired) electrons. The fourth-order valence-electron chi connectivity index (χ4n) is 1.16. The summed E-state index contributed by atoms with van der Waals surface area (Å²) in [6, 6.07) is 6.18. The number of fused-ring (bicyclic) bond motifs is 1. The summed E-state index contributed by atoms with van der Waals surface area (Å²) in [5, 5.41) is 12.0. The molecule has 0 aliphatic carbocycles. The van der Waals surface area contributed by atoms with E-state index in [1.165, 1.54) is 8.27 Å². The van der Waals surface area contributed by atoms with Crippen molar-refractivity contribution in [3.63, 3.8) is 0 Å². The minimum absolute atomic E-state index is 0.779. The van der Waals surface area contributed by atoms with Crippen LogP contribution < -0.4 is 0 Å². The van der Waals surface area contributed by atoms with E-state index in [1.807, 2.05) is 17.5 Å². The van der Waals surface area contributed by atoms with Gasteiger partial charge in [-0.1, -0.05) is 0 Å². The van der Waals surface area contributed by atoms with Gasteiger partial charge in [0.15, 0.2) is 0 Å². The molecule has 13 heavy (non-hydrogen) atoms. The topological polar surface area (TPSA) is 23.8 Å². The molecule has 1 nitrogen and oxygen atoms in total. The molecule has 1 aromatic carbocycles. The lowest BCUT2D eigenvalue weighted by molar-refractivity contribution is 1.50. The van der Waals surface area contributed by atoms with E-state index in [2.05, 4.69) is 51.3 Å². The Labute approximate surface area is 107 Å². The Balaban J connectivity index is 2.97. The van der Waals surface area contributed by atoms with Gasteiger partial charge in [-0.2, -0.15) is 5.26 Å². The zero-order valence-corrected chi connectivity index (χ0v) is 11.5. The molecule has 1 heterocycles. The van der Waals surface area contributed by atoms with Crippen molar-refractivity contribution in [3.8, 4) is 6.07 Å². The number of hydrogen-bond acceptors (Lipinski definition) is 2. The van der Waals surface area contributed by atoms with Crippen molar-refractivity contribution < 1.29 is 0 Å². The van der Waals surface area contributed by atoms with Crippen molar-refractivity contribution in [2.75, 3.05) is 0 Å². The average Bonchev–Trinajstić information content (AvgIpc) is 2.60. The van der Waals surface area contributed by atoms with Gasteiger partial charge in [0.2, 0.25) is 0 Å². The van der Waals surface area contributed by atoms with Crippen LogP contribution in [0.1, 0.15) is 5.56 Å². The molecule has 0 fully saturated rings. The summed E-state index contributed by atoms with van der Waals surface area (Å²) in [7, 11) is 0. The number of halogens is 2. The Hall–Kier alpha value is 0.130. The lowest BCUT2D eigenvalue weighted by atomic mass is 10.1. The molecular formula is C9H3I2NS. The highest BCUT2D eigenvalue weighted by Gasteiger charge is 2.08. The van der Waals surface area contributed by atoms with Gasteiger partial charge in [-0.15, -0.1) is 11.3 Å². The molecule has 0 saturated heterocycles. The molecule has 0 amide bonds. The summed E-state index contributed by atoms with van der Waals surface area (Å²) in [4.78, 5) is 0. The van der Waals surface area contributed by atoms with Crippen LogP contribution in [0.3, 0.4) is 0 Å². The molecular weight excluding hydrogens is 408 g/mol. The smallest absolute Gasteiger partial charge is 0.0998 e. The Morgan fingerprint density at radius 1 is 1.38 bits per heavy atom. The molecule has 1 aromatic heterocycles. The Morgan fingerprint density at radius 2 is 2.15 bits per heavy atom. The van der Waals surface area contributed by atoms with Gasteiger partial charge in [0.1, 0.15) is 0 Å². The van der Waals surface area contributed by atoms with Gasteiger partial charge in [0.25, 0.3) is 0 Å². The lowest BCUT2D eigenvalue weighted by Gasteiger charge is -1.99. The van der Waals surface area contributed by atoms with E-state index in [9.17, 15) is 0 Å². The van der Waals surface area contributed by atoms with E-state index < -0.39 is 0 Å². The molecule has 0 aliphatic heterocycles. The molecule has 0 aliphatic rings. The van der Waals surface area contributed by atoms with E-state index in [4.69, 9.17) is 5.26 Å². The summed E-state index contributed by atoms with van der Waals surface area (Å²) in [6.07, 6.45) is 0. The van der Waals surface area contributed by atoms with E-state index in [1.54, 1.807) is 11.3 Å². The zero-order chi connectivity index (χ0) is 9.42. The van der Waals surface area contributed by atoms with Crippen LogP contribution in [0, 0.1) is 18.5 Å². The second-order valence-corrected chi connectivity index (χ2v) is 5.65. The maximum Gasteiger partial charge on any atom is 0.0998 e. The highest BCUT2D eigenvalue weighted by Crippen LogP contribution is 2.32. The molecule has 2 aromatic rings.